The Bertz CT molecular complexity index is 844. The Kier molecular flexibility index (Phi) is 16.4. The van der Waals surface area contributed by atoms with Crippen LogP contribution in [0.5, 0.6) is 0 Å². The second kappa shape index (κ2) is 17.7. The van der Waals surface area contributed by atoms with Crippen LogP contribution in [-0.4, -0.2) is 84.9 Å². The van der Waals surface area contributed by atoms with Crippen molar-refractivity contribution in [2.45, 2.75) is 117 Å². The number of unbranched alkanes of at least 4 members (excludes halogenated alkanes) is 1. The van der Waals surface area contributed by atoms with E-state index in [0.717, 1.165) is 0 Å². The second-order valence-electron chi connectivity index (χ2n) is 11.4. The third-order valence-electron chi connectivity index (χ3n) is 5.15. The van der Waals surface area contributed by atoms with Crippen molar-refractivity contribution in [1.29, 1.82) is 0 Å². The SMILES string of the molecule is CC(C)OCC(C)(C)OCC(=O)NCCCC[C@H](N)C(=O)N[C@@H](C)C(=O)N[C@@H](C)C(=O)NNC(=O)OC(C)(C)C. The summed E-state index contributed by atoms with van der Waals surface area (Å²) in [5, 5.41) is 7.71. The highest BCUT2D eigenvalue weighted by Crippen LogP contribution is 2.10. The van der Waals surface area contributed by atoms with Crippen molar-refractivity contribution >= 4 is 29.7 Å². The highest BCUT2D eigenvalue weighted by molar-refractivity contribution is 5.92. The number of hydrogen-bond donors (Lipinski definition) is 6. The third-order valence-corrected chi connectivity index (χ3v) is 5.15. The number of nitrogens with two attached hydrogens (primary N) is 1. The predicted octanol–water partition coefficient (Wildman–Crippen LogP) is 0.386. The van der Waals surface area contributed by atoms with E-state index in [1.165, 1.54) is 13.8 Å². The Hall–Kier alpha value is -2.97. The molecule has 0 aliphatic carbocycles. The van der Waals surface area contributed by atoms with E-state index in [2.05, 4.69) is 26.8 Å². The summed E-state index contributed by atoms with van der Waals surface area (Å²) in [6.07, 6.45) is 0.751. The zero-order valence-corrected chi connectivity index (χ0v) is 25.4. The van der Waals surface area contributed by atoms with Gasteiger partial charge in [0.05, 0.1) is 24.4 Å². The van der Waals surface area contributed by atoms with Gasteiger partial charge in [-0.2, -0.15) is 0 Å². The Morgan fingerprint density at radius 2 is 1.38 bits per heavy atom. The van der Waals surface area contributed by atoms with Gasteiger partial charge in [-0.05, 0) is 81.6 Å². The second-order valence-corrected chi connectivity index (χ2v) is 11.4. The van der Waals surface area contributed by atoms with Crippen LogP contribution in [0.25, 0.3) is 0 Å². The average Bonchev–Trinajstić information content (AvgIpc) is 2.83. The maximum absolute atomic E-state index is 12.4. The molecule has 0 aromatic rings. The Morgan fingerprint density at radius 1 is 0.800 bits per heavy atom. The topological polar surface area (TPSA) is 199 Å². The fraction of sp³-hybridized carbons (Fsp3) is 0.808. The molecule has 0 aliphatic rings. The largest absolute Gasteiger partial charge is 0.443 e. The van der Waals surface area contributed by atoms with Crippen molar-refractivity contribution in [3.05, 3.63) is 0 Å². The van der Waals surface area contributed by atoms with Gasteiger partial charge >= 0.3 is 6.09 Å². The first-order valence-corrected chi connectivity index (χ1v) is 13.5. The van der Waals surface area contributed by atoms with E-state index in [1.807, 2.05) is 27.7 Å². The van der Waals surface area contributed by atoms with Gasteiger partial charge in [-0.3, -0.25) is 24.6 Å². The maximum Gasteiger partial charge on any atom is 0.426 e. The number of rotatable bonds is 16. The van der Waals surface area contributed by atoms with Crippen molar-refractivity contribution in [1.82, 2.24) is 26.8 Å². The van der Waals surface area contributed by atoms with Crippen LogP contribution in [0, 0.1) is 0 Å². The third kappa shape index (κ3) is 18.3. The van der Waals surface area contributed by atoms with Crippen molar-refractivity contribution < 1.29 is 38.2 Å². The first kappa shape index (κ1) is 37.0. The predicted molar refractivity (Wildman–Crippen MR) is 149 cm³/mol. The normalized spacial score (nSPS) is 14.0. The van der Waals surface area contributed by atoms with E-state index in [9.17, 15) is 24.0 Å². The zero-order chi connectivity index (χ0) is 31.1. The summed E-state index contributed by atoms with van der Waals surface area (Å²) in [5.74, 6) is -2.06. The molecule has 0 fully saturated rings. The summed E-state index contributed by atoms with van der Waals surface area (Å²) in [6.45, 7) is 16.1. The first-order chi connectivity index (χ1) is 18.3. The minimum absolute atomic E-state index is 0.0729. The summed E-state index contributed by atoms with van der Waals surface area (Å²) in [7, 11) is 0. The summed E-state index contributed by atoms with van der Waals surface area (Å²) in [4.78, 5) is 60.5. The molecule has 0 rings (SSSR count). The first-order valence-electron chi connectivity index (χ1n) is 13.5. The molecule has 0 unspecified atom stereocenters. The van der Waals surface area contributed by atoms with Crippen molar-refractivity contribution in [3.63, 3.8) is 0 Å². The molecule has 14 nitrogen and oxygen atoms in total. The number of hydrazine groups is 1. The molecular formula is C26H50N6O8. The van der Waals surface area contributed by atoms with E-state index in [1.54, 1.807) is 20.8 Å². The van der Waals surface area contributed by atoms with E-state index in [4.69, 9.17) is 19.9 Å². The average molecular weight is 575 g/mol. The minimum atomic E-state index is -1.00. The Balaban J connectivity index is 4.24. The minimum Gasteiger partial charge on any atom is -0.443 e. The van der Waals surface area contributed by atoms with E-state index < -0.39 is 53.1 Å². The number of ether oxygens (including phenoxy) is 3. The molecule has 3 atom stereocenters. The van der Waals surface area contributed by atoms with E-state index >= 15 is 0 Å². The number of carbonyl (C=O) groups excluding carboxylic acids is 5. The van der Waals surface area contributed by atoms with Gasteiger partial charge in [0.1, 0.15) is 24.3 Å². The van der Waals surface area contributed by atoms with Gasteiger partial charge in [0, 0.05) is 6.54 Å². The molecule has 0 aromatic heterocycles. The number of carbonyl (C=O) groups is 5. The lowest BCUT2D eigenvalue weighted by atomic mass is 10.1. The van der Waals surface area contributed by atoms with Crippen LogP contribution in [-0.2, 0) is 33.4 Å². The molecule has 40 heavy (non-hydrogen) atoms. The fourth-order valence-electron chi connectivity index (χ4n) is 2.88. The standard InChI is InChI=1S/C26H50N6O8/c1-16(2)38-15-26(8,9)39-14-20(33)28-13-11-10-12-19(27)23(36)30-17(3)21(34)29-18(4)22(35)31-32-24(37)40-25(5,6)7/h16-19H,10-15,27H2,1-9H3,(H,28,33)(H,29,34)(H,30,36)(H,31,35)(H,32,37)/t17-,18-,19-/m0/s1. The van der Waals surface area contributed by atoms with Gasteiger partial charge in [-0.25, -0.2) is 10.2 Å². The van der Waals surface area contributed by atoms with Crippen LogP contribution < -0.4 is 32.5 Å². The molecule has 0 saturated heterocycles. The van der Waals surface area contributed by atoms with Gasteiger partial charge in [-0.15, -0.1) is 0 Å². The van der Waals surface area contributed by atoms with Gasteiger partial charge in [0.25, 0.3) is 5.91 Å². The highest BCUT2D eigenvalue weighted by Gasteiger charge is 2.24. The van der Waals surface area contributed by atoms with Crippen LogP contribution in [0.15, 0.2) is 0 Å². The molecule has 232 valence electrons. The molecule has 7 N–H and O–H groups in total. The maximum atomic E-state index is 12.4. The highest BCUT2D eigenvalue weighted by atomic mass is 16.6. The van der Waals surface area contributed by atoms with Crippen LogP contribution in [0.4, 0.5) is 4.79 Å². The quantitative estimate of drug-likeness (QED) is 0.111. The summed E-state index contributed by atoms with van der Waals surface area (Å²) >= 11 is 0. The smallest absolute Gasteiger partial charge is 0.426 e. The molecule has 0 aliphatic heterocycles. The Labute approximate surface area is 237 Å². The lowest BCUT2D eigenvalue weighted by Gasteiger charge is -2.26. The van der Waals surface area contributed by atoms with Gasteiger partial charge < -0.3 is 35.9 Å². The molecule has 0 aromatic carbocycles. The zero-order valence-electron chi connectivity index (χ0n) is 25.4. The lowest BCUT2D eigenvalue weighted by Crippen LogP contribution is -2.56. The van der Waals surface area contributed by atoms with E-state index in [-0.39, 0.29) is 18.6 Å². The number of hydrogen-bond acceptors (Lipinski definition) is 9. The summed E-state index contributed by atoms with van der Waals surface area (Å²) in [6, 6.07) is -2.81. The molecule has 14 heteroatoms. The molecule has 5 amide bonds. The summed E-state index contributed by atoms with van der Waals surface area (Å²) < 4.78 is 16.1. The lowest BCUT2D eigenvalue weighted by molar-refractivity contribution is -0.137. The summed E-state index contributed by atoms with van der Waals surface area (Å²) in [5.41, 5.74) is 8.85. The van der Waals surface area contributed by atoms with Crippen molar-refractivity contribution in [2.24, 2.45) is 5.73 Å². The number of nitrogens with one attached hydrogen (secondary N) is 5. The molecule has 0 spiro atoms. The molecule has 0 bridgehead atoms. The molecule has 0 radical (unpaired) electrons. The molecule has 0 heterocycles. The van der Waals surface area contributed by atoms with Crippen LogP contribution in [0.1, 0.15) is 81.6 Å². The molecule has 0 saturated carbocycles. The Morgan fingerprint density at radius 3 is 1.95 bits per heavy atom. The number of amides is 5. The van der Waals surface area contributed by atoms with Gasteiger partial charge in [0.2, 0.25) is 17.7 Å². The van der Waals surface area contributed by atoms with Crippen LogP contribution in [0.3, 0.4) is 0 Å². The van der Waals surface area contributed by atoms with Gasteiger partial charge in [0.15, 0.2) is 0 Å². The van der Waals surface area contributed by atoms with Crippen LogP contribution >= 0.6 is 0 Å². The molecular weight excluding hydrogens is 524 g/mol. The van der Waals surface area contributed by atoms with Crippen molar-refractivity contribution in [3.8, 4) is 0 Å². The van der Waals surface area contributed by atoms with Crippen molar-refractivity contribution in [2.75, 3.05) is 19.8 Å². The van der Waals surface area contributed by atoms with E-state index in [0.29, 0.717) is 32.4 Å². The monoisotopic (exact) mass is 574 g/mol. The van der Waals surface area contributed by atoms with Gasteiger partial charge in [-0.1, -0.05) is 0 Å². The fourth-order valence-corrected chi connectivity index (χ4v) is 2.88. The van der Waals surface area contributed by atoms with Crippen LogP contribution in [0.2, 0.25) is 0 Å².